The maximum atomic E-state index is 13.1. The van der Waals surface area contributed by atoms with Gasteiger partial charge in [-0.2, -0.15) is 0 Å². The minimum absolute atomic E-state index is 0.348. The number of rotatable bonds is 3. The highest BCUT2D eigenvalue weighted by molar-refractivity contribution is 6.20. The van der Waals surface area contributed by atoms with Gasteiger partial charge in [-0.15, -0.1) is 0 Å². The lowest BCUT2D eigenvalue weighted by atomic mass is 10.0. The number of fused-ring (bicyclic) bond motifs is 2. The van der Waals surface area contributed by atoms with Crippen LogP contribution < -0.4 is 10.6 Å². The Kier molecular flexibility index (Phi) is 4.77. The zero-order valence-electron chi connectivity index (χ0n) is 16.6. The fourth-order valence-corrected chi connectivity index (χ4v) is 3.81. The number of benzodiazepines with no additional fused rings is 1. The Hall–Kier alpha value is -4.25. The Morgan fingerprint density at radius 3 is 2.39 bits per heavy atom. The normalized spacial score (nSPS) is 15.4. The van der Waals surface area contributed by atoms with Crippen LogP contribution in [0.4, 0.5) is 5.69 Å². The molecule has 150 valence electrons. The van der Waals surface area contributed by atoms with Gasteiger partial charge in [-0.3, -0.25) is 9.59 Å². The van der Waals surface area contributed by atoms with Crippen molar-refractivity contribution in [1.82, 2.24) is 5.32 Å². The van der Waals surface area contributed by atoms with Gasteiger partial charge < -0.3 is 10.6 Å². The van der Waals surface area contributed by atoms with Crippen molar-refractivity contribution >= 4 is 34.0 Å². The van der Waals surface area contributed by atoms with Crippen molar-refractivity contribution in [3.63, 3.8) is 0 Å². The molecule has 0 saturated carbocycles. The first kappa shape index (κ1) is 18.8. The third kappa shape index (κ3) is 3.57. The second kappa shape index (κ2) is 7.88. The zero-order chi connectivity index (χ0) is 21.2. The average molecular weight is 405 g/mol. The largest absolute Gasteiger partial charge is 0.322 e. The van der Waals surface area contributed by atoms with E-state index in [0.717, 1.165) is 21.9 Å². The minimum Gasteiger partial charge on any atom is -0.322 e. The van der Waals surface area contributed by atoms with E-state index in [2.05, 4.69) is 15.6 Å². The first-order valence-corrected chi connectivity index (χ1v) is 10.0. The third-order valence-electron chi connectivity index (χ3n) is 5.30. The van der Waals surface area contributed by atoms with Crippen molar-refractivity contribution in [1.29, 1.82) is 0 Å². The summed E-state index contributed by atoms with van der Waals surface area (Å²) in [6, 6.07) is 30.4. The second-order valence-electron chi connectivity index (χ2n) is 7.28. The van der Waals surface area contributed by atoms with E-state index in [1.54, 1.807) is 6.07 Å². The Morgan fingerprint density at radius 2 is 1.52 bits per heavy atom. The first-order valence-electron chi connectivity index (χ1n) is 10.0. The van der Waals surface area contributed by atoms with Crippen LogP contribution in [0.2, 0.25) is 0 Å². The lowest BCUT2D eigenvalue weighted by Crippen LogP contribution is -2.42. The average Bonchev–Trinajstić information content (AvgIpc) is 2.95. The van der Waals surface area contributed by atoms with E-state index in [-0.39, 0.29) is 11.8 Å². The molecule has 0 aromatic heterocycles. The van der Waals surface area contributed by atoms with Gasteiger partial charge in [-0.05, 0) is 22.9 Å². The zero-order valence-corrected chi connectivity index (χ0v) is 16.6. The van der Waals surface area contributed by atoms with E-state index >= 15 is 0 Å². The number of benzene rings is 4. The van der Waals surface area contributed by atoms with Gasteiger partial charge in [0.15, 0.2) is 0 Å². The molecular weight excluding hydrogens is 386 g/mol. The number of anilines is 1. The fourth-order valence-electron chi connectivity index (χ4n) is 3.81. The lowest BCUT2D eigenvalue weighted by Gasteiger charge is -2.14. The van der Waals surface area contributed by atoms with Gasteiger partial charge >= 0.3 is 0 Å². The van der Waals surface area contributed by atoms with Crippen molar-refractivity contribution in [3.05, 3.63) is 114 Å². The van der Waals surface area contributed by atoms with E-state index in [9.17, 15) is 9.59 Å². The van der Waals surface area contributed by atoms with Gasteiger partial charge in [0.05, 0.1) is 11.4 Å². The van der Waals surface area contributed by atoms with Crippen molar-refractivity contribution in [2.75, 3.05) is 5.32 Å². The molecule has 4 aromatic rings. The highest BCUT2D eigenvalue weighted by Crippen LogP contribution is 2.24. The van der Waals surface area contributed by atoms with Gasteiger partial charge in [0.1, 0.15) is 0 Å². The number of carbonyl (C=O) groups is 2. The van der Waals surface area contributed by atoms with Crippen LogP contribution in [-0.4, -0.2) is 23.7 Å². The number of para-hydroxylation sites is 1. The predicted octanol–water partition coefficient (Wildman–Crippen LogP) is 4.39. The number of hydrogen-bond donors (Lipinski definition) is 2. The summed E-state index contributed by atoms with van der Waals surface area (Å²) in [5.41, 5.74) is 3.50. The number of amides is 2. The molecule has 5 nitrogen and oxygen atoms in total. The first-order chi connectivity index (χ1) is 15.2. The van der Waals surface area contributed by atoms with Crippen LogP contribution in [-0.2, 0) is 4.79 Å². The molecule has 0 fully saturated rings. The van der Waals surface area contributed by atoms with E-state index in [1.807, 2.05) is 91.0 Å². The number of nitrogens with one attached hydrogen (secondary N) is 2. The molecule has 0 unspecified atom stereocenters. The summed E-state index contributed by atoms with van der Waals surface area (Å²) < 4.78 is 0. The summed E-state index contributed by atoms with van der Waals surface area (Å²) in [6.45, 7) is 0. The SMILES string of the molecule is O=C(N[C@H]1N=C(c2ccccc2)c2ccccc2NC1=O)c1cccc2ccccc12. The molecule has 0 aliphatic carbocycles. The van der Waals surface area contributed by atoms with Gasteiger partial charge in [0, 0.05) is 16.7 Å². The van der Waals surface area contributed by atoms with Gasteiger partial charge in [-0.1, -0.05) is 84.9 Å². The molecule has 4 aromatic carbocycles. The molecular formula is C26H19N3O2. The number of hydrogen-bond acceptors (Lipinski definition) is 3. The number of nitrogens with zero attached hydrogens (tertiary/aromatic N) is 1. The summed E-state index contributed by atoms with van der Waals surface area (Å²) in [5, 5.41) is 7.50. The topological polar surface area (TPSA) is 70.6 Å². The Balaban J connectivity index is 1.56. The molecule has 0 radical (unpaired) electrons. The predicted molar refractivity (Wildman–Crippen MR) is 122 cm³/mol. The summed E-state index contributed by atoms with van der Waals surface area (Å²) in [6.07, 6.45) is -1.06. The van der Waals surface area contributed by atoms with E-state index in [0.29, 0.717) is 17.0 Å². The van der Waals surface area contributed by atoms with Crippen LogP contribution in [0.1, 0.15) is 21.5 Å². The summed E-state index contributed by atoms with van der Waals surface area (Å²) >= 11 is 0. The Bertz CT molecular complexity index is 1320. The minimum atomic E-state index is -1.06. The second-order valence-corrected chi connectivity index (χ2v) is 7.28. The van der Waals surface area contributed by atoms with Gasteiger partial charge in [0.25, 0.3) is 11.8 Å². The van der Waals surface area contributed by atoms with Crippen molar-refractivity contribution in [2.24, 2.45) is 4.99 Å². The molecule has 31 heavy (non-hydrogen) atoms. The lowest BCUT2D eigenvalue weighted by molar-refractivity contribution is -0.117. The molecule has 0 bridgehead atoms. The van der Waals surface area contributed by atoms with E-state index in [4.69, 9.17) is 0 Å². The summed E-state index contributed by atoms with van der Waals surface area (Å²) in [4.78, 5) is 30.8. The smallest absolute Gasteiger partial charge is 0.269 e. The summed E-state index contributed by atoms with van der Waals surface area (Å²) in [7, 11) is 0. The number of carbonyl (C=O) groups excluding carboxylic acids is 2. The maximum Gasteiger partial charge on any atom is 0.269 e. The monoisotopic (exact) mass is 405 g/mol. The van der Waals surface area contributed by atoms with Crippen LogP contribution in [0.25, 0.3) is 10.8 Å². The van der Waals surface area contributed by atoms with Crippen LogP contribution in [0.3, 0.4) is 0 Å². The van der Waals surface area contributed by atoms with Crippen LogP contribution in [0, 0.1) is 0 Å². The molecule has 1 heterocycles. The molecule has 0 saturated heterocycles. The standard InChI is InChI=1S/C26H19N3O2/c30-25(20-15-8-12-17-9-4-5-13-19(17)20)29-24-26(31)27-22-16-7-6-14-21(22)23(28-24)18-10-2-1-3-11-18/h1-16,24H,(H,27,31)(H,29,30)/t24-/m1/s1. The third-order valence-corrected chi connectivity index (χ3v) is 5.30. The van der Waals surface area contributed by atoms with Gasteiger partial charge in [-0.25, -0.2) is 4.99 Å². The highest BCUT2D eigenvalue weighted by Gasteiger charge is 2.27. The molecule has 2 amide bonds. The number of aliphatic imine (C=N–C) groups is 1. The van der Waals surface area contributed by atoms with Crippen molar-refractivity contribution < 1.29 is 9.59 Å². The molecule has 5 heteroatoms. The van der Waals surface area contributed by atoms with Crippen molar-refractivity contribution in [2.45, 2.75) is 6.17 Å². The van der Waals surface area contributed by atoms with E-state index in [1.165, 1.54) is 0 Å². The van der Waals surface area contributed by atoms with Crippen LogP contribution in [0.15, 0.2) is 102 Å². The van der Waals surface area contributed by atoms with Crippen molar-refractivity contribution in [3.8, 4) is 0 Å². The highest BCUT2D eigenvalue weighted by atomic mass is 16.2. The molecule has 1 atom stereocenters. The molecule has 2 N–H and O–H groups in total. The molecule has 5 rings (SSSR count). The molecule has 0 spiro atoms. The summed E-state index contributed by atoms with van der Waals surface area (Å²) in [5.74, 6) is -0.731. The Labute approximate surface area is 179 Å². The van der Waals surface area contributed by atoms with Gasteiger partial charge in [0.2, 0.25) is 6.17 Å². The Morgan fingerprint density at radius 1 is 0.806 bits per heavy atom. The van der Waals surface area contributed by atoms with Crippen LogP contribution in [0.5, 0.6) is 0 Å². The van der Waals surface area contributed by atoms with E-state index < -0.39 is 6.17 Å². The molecule has 1 aliphatic heterocycles. The van der Waals surface area contributed by atoms with Crippen LogP contribution >= 0.6 is 0 Å². The quantitative estimate of drug-likeness (QED) is 0.531. The molecule has 1 aliphatic rings. The fraction of sp³-hybridized carbons (Fsp3) is 0.0385. The maximum absolute atomic E-state index is 13.1.